The van der Waals surface area contributed by atoms with E-state index in [2.05, 4.69) is 20.4 Å². The van der Waals surface area contributed by atoms with Crippen molar-refractivity contribution in [3.63, 3.8) is 0 Å². The van der Waals surface area contributed by atoms with Gasteiger partial charge in [-0.15, -0.1) is 0 Å². The van der Waals surface area contributed by atoms with Gasteiger partial charge in [-0.25, -0.2) is 9.67 Å². The molecule has 1 amide bonds. The maximum atomic E-state index is 12.0. The molecule has 2 N–H and O–H groups in total. The van der Waals surface area contributed by atoms with E-state index in [-0.39, 0.29) is 23.4 Å². The average Bonchev–Trinajstić information content (AvgIpc) is 3.12. The van der Waals surface area contributed by atoms with Crippen LogP contribution in [0.5, 0.6) is 5.88 Å². The van der Waals surface area contributed by atoms with Crippen molar-refractivity contribution in [2.24, 2.45) is 0 Å². The first-order chi connectivity index (χ1) is 11.7. The Bertz CT molecular complexity index is 803. The Morgan fingerprint density at radius 1 is 1.21 bits per heavy atom. The molecule has 7 nitrogen and oxygen atoms in total. The Balaban J connectivity index is 1.54. The third-order valence-electron chi connectivity index (χ3n) is 3.45. The number of nitrogens with zero attached hydrogens (tertiary/aromatic N) is 4. The van der Waals surface area contributed by atoms with E-state index in [4.69, 9.17) is 0 Å². The van der Waals surface area contributed by atoms with Gasteiger partial charge in [0, 0.05) is 18.8 Å². The number of carbonyl (C=O) groups excluding carboxylic acids is 1. The number of aromatic hydroxyl groups is 1. The molecule has 1 aromatic carbocycles. The van der Waals surface area contributed by atoms with Gasteiger partial charge in [-0.3, -0.25) is 4.79 Å². The third-order valence-corrected chi connectivity index (χ3v) is 3.45. The van der Waals surface area contributed by atoms with Gasteiger partial charge in [0.15, 0.2) is 0 Å². The molecule has 122 valence electrons. The summed E-state index contributed by atoms with van der Waals surface area (Å²) < 4.78 is 1.42. The highest BCUT2D eigenvalue weighted by Crippen LogP contribution is 2.20. The van der Waals surface area contributed by atoms with Crippen molar-refractivity contribution in [2.75, 3.05) is 5.32 Å². The third kappa shape index (κ3) is 3.95. The molecule has 0 radical (unpaired) electrons. The summed E-state index contributed by atoms with van der Waals surface area (Å²) in [5.74, 6) is -0.233. The summed E-state index contributed by atoms with van der Waals surface area (Å²) in [6, 6.07) is 11.7. The number of rotatable bonds is 6. The van der Waals surface area contributed by atoms with E-state index in [9.17, 15) is 9.90 Å². The summed E-state index contributed by atoms with van der Waals surface area (Å²) in [5, 5.41) is 16.5. The molecule has 24 heavy (non-hydrogen) atoms. The van der Waals surface area contributed by atoms with Gasteiger partial charge < -0.3 is 10.4 Å². The van der Waals surface area contributed by atoms with Crippen LogP contribution in [0.25, 0.3) is 5.95 Å². The molecule has 0 bridgehead atoms. The fraction of sp³-hybridized carbons (Fsp3) is 0.176. The Kier molecular flexibility index (Phi) is 4.81. The molecule has 0 fully saturated rings. The van der Waals surface area contributed by atoms with Gasteiger partial charge in [0.25, 0.3) is 5.95 Å². The predicted molar refractivity (Wildman–Crippen MR) is 88.8 cm³/mol. The van der Waals surface area contributed by atoms with Gasteiger partial charge in [0.2, 0.25) is 11.8 Å². The van der Waals surface area contributed by atoms with Crippen molar-refractivity contribution in [3.8, 4) is 11.8 Å². The Hall–Kier alpha value is -3.22. The number of amides is 1. The number of nitrogens with one attached hydrogen (secondary N) is 1. The van der Waals surface area contributed by atoms with Gasteiger partial charge in [-0.05, 0) is 24.5 Å². The first-order valence-corrected chi connectivity index (χ1v) is 7.62. The van der Waals surface area contributed by atoms with Crippen LogP contribution in [0, 0.1) is 0 Å². The molecular formula is C17H17N5O2. The van der Waals surface area contributed by atoms with Gasteiger partial charge in [-0.1, -0.05) is 30.3 Å². The minimum absolute atomic E-state index is 0.184. The molecule has 2 aromatic heterocycles. The quantitative estimate of drug-likeness (QED) is 0.726. The number of carbonyl (C=O) groups is 1. The Morgan fingerprint density at radius 3 is 2.75 bits per heavy atom. The maximum Gasteiger partial charge on any atom is 0.253 e. The number of hydrogen-bond acceptors (Lipinski definition) is 5. The fourth-order valence-electron chi connectivity index (χ4n) is 2.26. The molecule has 3 rings (SSSR count). The summed E-state index contributed by atoms with van der Waals surface area (Å²) in [6.07, 6.45) is 6.53. The van der Waals surface area contributed by atoms with Crippen molar-refractivity contribution < 1.29 is 9.90 Å². The second-order valence-corrected chi connectivity index (χ2v) is 5.25. The van der Waals surface area contributed by atoms with Gasteiger partial charge in [-0.2, -0.15) is 10.1 Å². The lowest BCUT2D eigenvalue weighted by Gasteiger charge is -2.07. The number of aryl methyl sites for hydroxylation is 1. The highest BCUT2D eigenvalue weighted by Gasteiger charge is 2.10. The molecule has 7 heteroatoms. The molecular weight excluding hydrogens is 306 g/mol. The van der Waals surface area contributed by atoms with Crippen LogP contribution >= 0.6 is 0 Å². The van der Waals surface area contributed by atoms with Crippen LogP contribution in [0.3, 0.4) is 0 Å². The summed E-state index contributed by atoms with van der Waals surface area (Å²) in [6.45, 7) is 0. The highest BCUT2D eigenvalue weighted by molar-refractivity contribution is 5.91. The predicted octanol–water partition coefficient (Wildman–Crippen LogP) is 2.33. The minimum Gasteiger partial charge on any atom is -0.492 e. The molecule has 0 saturated heterocycles. The molecule has 0 saturated carbocycles. The van der Waals surface area contributed by atoms with Crippen LogP contribution in [-0.2, 0) is 11.2 Å². The first kappa shape index (κ1) is 15.7. The monoisotopic (exact) mass is 323 g/mol. The van der Waals surface area contributed by atoms with E-state index >= 15 is 0 Å². The molecule has 0 spiro atoms. The molecule has 0 atom stereocenters. The van der Waals surface area contributed by atoms with Crippen molar-refractivity contribution in [1.29, 1.82) is 0 Å². The van der Waals surface area contributed by atoms with E-state index in [1.54, 1.807) is 18.5 Å². The van der Waals surface area contributed by atoms with Gasteiger partial charge in [0.1, 0.15) is 5.69 Å². The highest BCUT2D eigenvalue weighted by atomic mass is 16.3. The van der Waals surface area contributed by atoms with Crippen molar-refractivity contribution in [3.05, 3.63) is 60.6 Å². The summed E-state index contributed by atoms with van der Waals surface area (Å²) in [7, 11) is 0. The van der Waals surface area contributed by atoms with E-state index in [0.29, 0.717) is 6.42 Å². The summed E-state index contributed by atoms with van der Waals surface area (Å²) in [4.78, 5) is 20.0. The zero-order valence-corrected chi connectivity index (χ0v) is 13.0. The number of anilines is 1. The largest absolute Gasteiger partial charge is 0.492 e. The number of benzene rings is 1. The topological polar surface area (TPSA) is 92.9 Å². The zero-order chi connectivity index (χ0) is 16.8. The van der Waals surface area contributed by atoms with Crippen molar-refractivity contribution in [2.45, 2.75) is 19.3 Å². The average molecular weight is 323 g/mol. The second kappa shape index (κ2) is 7.36. The van der Waals surface area contributed by atoms with Crippen LogP contribution in [0.2, 0.25) is 0 Å². The lowest BCUT2D eigenvalue weighted by Crippen LogP contribution is -2.13. The second-order valence-electron chi connectivity index (χ2n) is 5.25. The summed E-state index contributed by atoms with van der Waals surface area (Å²) in [5.41, 5.74) is 1.38. The number of hydrogen-bond donors (Lipinski definition) is 2. The van der Waals surface area contributed by atoms with Crippen molar-refractivity contribution in [1.82, 2.24) is 19.7 Å². The standard InChI is InChI=1S/C17H17N5O2/c23-15(9-4-8-13-6-2-1-3-7-13)20-14-12-18-17(21-16(14)24)22-11-5-10-19-22/h1-3,5-7,10-12H,4,8-9H2,(H,20,23)(H,18,21,24). The smallest absolute Gasteiger partial charge is 0.253 e. The van der Waals surface area contributed by atoms with Crippen LogP contribution in [0.15, 0.2) is 55.0 Å². The molecule has 3 aromatic rings. The van der Waals surface area contributed by atoms with E-state index < -0.39 is 0 Å². The van der Waals surface area contributed by atoms with Crippen LogP contribution in [0.1, 0.15) is 18.4 Å². The van der Waals surface area contributed by atoms with E-state index in [1.807, 2.05) is 30.3 Å². The van der Waals surface area contributed by atoms with Gasteiger partial charge in [0.05, 0.1) is 6.20 Å². The van der Waals surface area contributed by atoms with Gasteiger partial charge >= 0.3 is 0 Å². The Labute approximate surface area is 139 Å². The lowest BCUT2D eigenvalue weighted by atomic mass is 10.1. The molecule has 0 unspecified atom stereocenters. The summed E-state index contributed by atoms with van der Waals surface area (Å²) >= 11 is 0. The van der Waals surface area contributed by atoms with Crippen LogP contribution in [-0.4, -0.2) is 30.8 Å². The molecule has 0 aliphatic rings. The zero-order valence-electron chi connectivity index (χ0n) is 13.0. The Morgan fingerprint density at radius 2 is 2.04 bits per heavy atom. The van der Waals surface area contributed by atoms with Crippen molar-refractivity contribution >= 4 is 11.6 Å². The fourth-order valence-corrected chi connectivity index (χ4v) is 2.26. The molecule has 2 heterocycles. The normalized spacial score (nSPS) is 10.5. The number of aromatic nitrogens is 4. The van der Waals surface area contributed by atoms with E-state index in [1.165, 1.54) is 16.4 Å². The van der Waals surface area contributed by atoms with Crippen LogP contribution < -0.4 is 5.32 Å². The minimum atomic E-state index is -0.285. The SMILES string of the molecule is O=C(CCCc1ccccc1)Nc1cnc(-n2cccn2)nc1O. The van der Waals surface area contributed by atoms with Crippen LogP contribution in [0.4, 0.5) is 5.69 Å². The first-order valence-electron chi connectivity index (χ1n) is 7.62. The molecule has 0 aliphatic carbocycles. The van der Waals surface area contributed by atoms with E-state index in [0.717, 1.165) is 12.8 Å². The molecule has 0 aliphatic heterocycles. The maximum absolute atomic E-state index is 12.0. The lowest BCUT2D eigenvalue weighted by molar-refractivity contribution is -0.116.